The summed E-state index contributed by atoms with van der Waals surface area (Å²) in [7, 11) is -2.12. The summed E-state index contributed by atoms with van der Waals surface area (Å²) in [5.74, 6) is 0. The first-order valence-electron chi connectivity index (χ1n) is 6.20. The Morgan fingerprint density at radius 2 is 2.21 bits per heavy atom. The van der Waals surface area contributed by atoms with Gasteiger partial charge in [-0.1, -0.05) is 0 Å². The van der Waals surface area contributed by atoms with Crippen LogP contribution in [0, 0.1) is 0 Å². The average Bonchev–Trinajstić information content (AvgIpc) is 2.38. The van der Waals surface area contributed by atoms with E-state index in [1.54, 1.807) is 6.07 Å². The number of hydrogen-bond acceptors (Lipinski definition) is 5. The van der Waals surface area contributed by atoms with Crippen molar-refractivity contribution in [3.05, 3.63) is 18.2 Å². The van der Waals surface area contributed by atoms with E-state index in [4.69, 9.17) is 5.73 Å². The highest BCUT2D eigenvalue weighted by Gasteiger charge is 2.21. The lowest BCUT2D eigenvalue weighted by Gasteiger charge is -2.32. The van der Waals surface area contributed by atoms with Crippen molar-refractivity contribution in [2.75, 3.05) is 30.8 Å². The minimum Gasteiger partial charge on any atom is -0.397 e. The molecular weight excluding hydrogens is 266 g/mol. The number of nitrogen functional groups attached to an aromatic ring is 1. The number of nitrogens with zero attached hydrogens (tertiary/aromatic N) is 1. The third-order valence-corrected chi connectivity index (χ3v) is 4.73. The highest BCUT2D eigenvalue weighted by Crippen LogP contribution is 2.28. The molecule has 0 spiro atoms. The molecule has 1 unspecified atom stereocenters. The van der Waals surface area contributed by atoms with Gasteiger partial charge in [0.25, 0.3) is 0 Å². The number of nitrogens with one attached hydrogen (secondary N) is 1. The number of sulfonamides is 1. The van der Waals surface area contributed by atoms with Crippen molar-refractivity contribution >= 4 is 21.4 Å². The third kappa shape index (κ3) is 2.99. The number of hydrogen-bond donors (Lipinski definition) is 3. The van der Waals surface area contributed by atoms with Gasteiger partial charge in [-0.05, 0) is 38.1 Å². The first kappa shape index (κ1) is 14.1. The molecule has 1 saturated heterocycles. The highest BCUT2D eigenvalue weighted by molar-refractivity contribution is 7.89. The van der Waals surface area contributed by atoms with E-state index in [1.807, 2.05) is 4.90 Å². The lowest BCUT2D eigenvalue weighted by molar-refractivity contribution is 0.154. The van der Waals surface area contributed by atoms with Gasteiger partial charge in [-0.2, -0.15) is 0 Å². The number of benzene rings is 1. The summed E-state index contributed by atoms with van der Waals surface area (Å²) in [4.78, 5) is 2.13. The molecule has 1 aliphatic rings. The maximum Gasteiger partial charge on any atom is 0.240 e. The minimum absolute atomic E-state index is 0.147. The second-order valence-electron chi connectivity index (χ2n) is 4.67. The first-order chi connectivity index (χ1) is 8.94. The van der Waals surface area contributed by atoms with Crippen molar-refractivity contribution in [2.24, 2.45) is 0 Å². The summed E-state index contributed by atoms with van der Waals surface area (Å²) in [6.07, 6.45) is 1.34. The van der Waals surface area contributed by atoms with Gasteiger partial charge in [-0.15, -0.1) is 0 Å². The molecule has 0 amide bonds. The van der Waals surface area contributed by atoms with Crippen LogP contribution >= 0.6 is 0 Å². The molecule has 19 heavy (non-hydrogen) atoms. The second kappa shape index (κ2) is 5.36. The zero-order valence-electron chi connectivity index (χ0n) is 10.8. The number of anilines is 2. The van der Waals surface area contributed by atoms with Crippen LogP contribution in [-0.2, 0) is 10.0 Å². The van der Waals surface area contributed by atoms with Crippen molar-refractivity contribution in [3.8, 4) is 0 Å². The smallest absolute Gasteiger partial charge is 0.240 e. The van der Waals surface area contributed by atoms with Crippen LogP contribution in [0.2, 0.25) is 0 Å². The van der Waals surface area contributed by atoms with Gasteiger partial charge < -0.3 is 15.7 Å². The first-order valence-corrected chi connectivity index (χ1v) is 7.68. The molecule has 1 aliphatic heterocycles. The Labute approximate surface area is 113 Å². The van der Waals surface area contributed by atoms with Gasteiger partial charge in [-0.25, -0.2) is 13.1 Å². The molecule has 0 bridgehead atoms. The Bertz CT molecular complexity index is 559. The van der Waals surface area contributed by atoms with E-state index in [2.05, 4.69) is 4.72 Å². The fraction of sp³-hybridized carbons (Fsp3) is 0.500. The molecule has 2 rings (SSSR count). The second-order valence-corrected chi connectivity index (χ2v) is 6.56. The molecule has 0 aliphatic carbocycles. The molecule has 1 atom stereocenters. The average molecular weight is 285 g/mol. The molecule has 1 aromatic carbocycles. The van der Waals surface area contributed by atoms with Gasteiger partial charge in [0.05, 0.1) is 22.4 Å². The van der Waals surface area contributed by atoms with Gasteiger partial charge in [0, 0.05) is 13.1 Å². The van der Waals surface area contributed by atoms with Crippen molar-refractivity contribution in [1.29, 1.82) is 0 Å². The Morgan fingerprint density at radius 3 is 2.79 bits per heavy atom. The lowest BCUT2D eigenvalue weighted by Crippen LogP contribution is -2.38. The van der Waals surface area contributed by atoms with Crippen LogP contribution in [0.4, 0.5) is 11.4 Å². The summed E-state index contributed by atoms with van der Waals surface area (Å²) in [5, 5.41) is 9.67. The Morgan fingerprint density at radius 1 is 1.47 bits per heavy atom. The summed E-state index contributed by atoms with van der Waals surface area (Å²) in [6.45, 7) is 1.35. The van der Waals surface area contributed by atoms with Gasteiger partial charge >= 0.3 is 0 Å². The van der Waals surface area contributed by atoms with Crippen LogP contribution in [0.15, 0.2) is 23.1 Å². The maximum atomic E-state index is 11.7. The summed E-state index contributed by atoms with van der Waals surface area (Å²) >= 11 is 0. The standard InChI is InChI=1S/C12H19N3O3S/c1-14-19(17,18)10-4-5-12(11(13)7-10)15-6-2-3-9(16)8-15/h4-5,7,9,14,16H,2-3,6,8,13H2,1H3. The van der Waals surface area contributed by atoms with Gasteiger partial charge in [0.1, 0.15) is 0 Å². The lowest BCUT2D eigenvalue weighted by atomic mass is 10.1. The van der Waals surface area contributed by atoms with E-state index >= 15 is 0 Å². The van der Waals surface area contributed by atoms with Crippen LogP contribution in [0.5, 0.6) is 0 Å². The van der Waals surface area contributed by atoms with Crippen molar-refractivity contribution in [1.82, 2.24) is 4.72 Å². The fourth-order valence-corrected chi connectivity index (χ4v) is 3.04. The molecule has 0 saturated carbocycles. The molecule has 1 heterocycles. The van der Waals surface area contributed by atoms with Crippen LogP contribution in [0.1, 0.15) is 12.8 Å². The fourth-order valence-electron chi connectivity index (χ4n) is 2.28. The zero-order chi connectivity index (χ0) is 14.0. The maximum absolute atomic E-state index is 11.7. The Balaban J connectivity index is 2.29. The number of rotatable bonds is 3. The topological polar surface area (TPSA) is 95.7 Å². The SMILES string of the molecule is CNS(=O)(=O)c1ccc(N2CCCC(O)C2)c(N)c1. The number of nitrogens with two attached hydrogens (primary N) is 1. The molecule has 6 nitrogen and oxygen atoms in total. The van der Waals surface area contributed by atoms with Crippen LogP contribution in [0.25, 0.3) is 0 Å². The number of piperidine rings is 1. The summed E-state index contributed by atoms with van der Waals surface area (Å²) < 4.78 is 25.6. The van der Waals surface area contributed by atoms with E-state index in [0.29, 0.717) is 12.2 Å². The Hall–Kier alpha value is -1.31. The predicted octanol–water partition coefficient (Wildman–Crippen LogP) is 0.138. The van der Waals surface area contributed by atoms with Gasteiger partial charge in [0.15, 0.2) is 0 Å². The Kier molecular flexibility index (Phi) is 3.98. The van der Waals surface area contributed by atoms with E-state index in [9.17, 15) is 13.5 Å². The molecule has 7 heteroatoms. The van der Waals surface area contributed by atoms with E-state index in [0.717, 1.165) is 25.1 Å². The predicted molar refractivity (Wildman–Crippen MR) is 74.6 cm³/mol. The highest BCUT2D eigenvalue weighted by atomic mass is 32.2. The number of aliphatic hydroxyl groups is 1. The van der Waals surface area contributed by atoms with Crippen LogP contribution in [0.3, 0.4) is 0 Å². The monoisotopic (exact) mass is 285 g/mol. The van der Waals surface area contributed by atoms with Crippen molar-refractivity contribution in [2.45, 2.75) is 23.8 Å². The zero-order valence-corrected chi connectivity index (χ0v) is 11.7. The molecule has 4 N–H and O–H groups in total. The normalized spacial score (nSPS) is 20.5. The largest absolute Gasteiger partial charge is 0.397 e. The van der Waals surface area contributed by atoms with Crippen LogP contribution in [-0.4, -0.2) is 39.8 Å². The number of β-amino-alcohol motifs (C(OH)–C–C–N with tert-alkyl or cyclic N) is 1. The molecule has 0 aromatic heterocycles. The summed E-state index contributed by atoms with van der Waals surface area (Å²) in [6, 6.07) is 4.66. The van der Waals surface area contributed by atoms with E-state index in [-0.39, 0.29) is 11.0 Å². The molecule has 0 radical (unpaired) electrons. The van der Waals surface area contributed by atoms with Crippen molar-refractivity contribution < 1.29 is 13.5 Å². The summed E-state index contributed by atoms with van der Waals surface area (Å²) in [5.41, 5.74) is 7.11. The van der Waals surface area contributed by atoms with Crippen LogP contribution < -0.4 is 15.4 Å². The van der Waals surface area contributed by atoms with Gasteiger partial charge in [0.2, 0.25) is 10.0 Å². The number of aliphatic hydroxyl groups excluding tert-OH is 1. The quantitative estimate of drug-likeness (QED) is 0.687. The van der Waals surface area contributed by atoms with Gasteiger partial charge in [-0.3, -0.25) is 0 Å². The van der Waals surface area contributed by atoms with E-state index < -0.39 is 10.0 Å². The van der Waals surface area contributed by atoms with Crippen molar-refractivity contribution in [3.63, 3.8) is 0 Å². The molecule has 106 valence electrons. The molecular formula is C12H19N3O3S. The van der Waals surface area contributed by atoms with E-state index in [1.165, 1.54) is 19.2 Å². The minimum atomic E-state index is -3.48. The molecule has 1 fully saturated rings. The molecule has 1 aromatic rings. The third-order valence-electron chi connectivity index (χ3n) is 3.32.